The average molecular weight is 205 g/mol. The quantitative estimate of drug-likeness (QED) is 0.739. The third-order valence-electron chi connectivity index (χ3n) is 2.68. The lowest BCUT2D eigenvalue weighted by atomic mass is 9.99. The van der Waals surface area contributed by atoms with Crippen molar-refractivity contribution in [3.8, 4) is 0 Å². The molecular formula is C12H15NO2. The third kappa shape index (κ3) is 2.57. The molecule has 0 aliphatic carbocycles. The molecule has 0 aromatic heterocycles. The SMILES string of the molecule is CC(=O)ON1CCC(c2ccccc2)C1. The summed E-state index contributed by atoms with van der Waals surface area (Å²) in [5.74, 6) is 0.259. The van der Waals surface area contributed by atoms with Crippen LogP contribution in [0.5, 0.6) is 0 Å². The van der Waals surface area contributed by atoms with Gasteiger partial charge in [0, 0.05) is 25.9 Å². The lowest BCUT2D eigenvalue weighted by molar-refractivity contribution is -0.182. The van der Waals surface area contributed by atoms with Gasteiger partial charge in [0.25, 0.3) is 0 Å². The fourth-order valence-electron chi connectivity index (χ4n) is 1.99. The Bertz CT molecular complexity index is 337. The highest BCUT2D eigenvalue weighted by Crippen LogP contribution is 2.26. The first-order chi connectivity index (χ1) is 7.25. The Kier molecular flexibility index (Phi) is 3.02. The van der Waals surface area contributed by atoms with Crippen LogP contribution < -0.4 is 0 Å². The Hall–Kier alpha value is -1.35. The van der Waals surface area contributed by atoms with E-state index in [-0.39, 0.29) is 5.97 Å². The number of hydrogen-bond donors (Lipinski definition) is 0. The topological polar surface area (TPSA) is 29.5 Å². The van der Waals surface area contributed by atoms with Gasteiger partial charge in [-0.05, 0) is 12.0 Å². The molecule has 1 heterocycles. The molecule has 3 heteroatoms. The Morgan fingerprint density at radius 2 is 2.13 bits per heavy atom. The first-order valence-corrected chi connectivity index (χ1v) is 5.24. The molecule has 2 rings (SSSR count). The van der Waals surface area contributed by atoms with Gasteiger partial charge in [0.1, 0.15) is 0 Å². The summed E-state index contributed by atoms with van der Waals surface area (Å²) in [7, 11) is 0. The maximum absolute atomic E-state index is 10.8. The smallest absolute Gasteiger partial charge is 0.322 e. The fraction of sp³-hybridized carbons (Fsp3) is 0.417. The summed E-state index contributed by atoms with van der Waals surface area (Å²) in [6.07, 6.45) is 1.05. The lowest BCUT2D eigenvalue weighted by Gasteiger charge is -2.14. The minimum absolute atomic E-state index is 0.233. The van der Waals surface area contributed by atoms with Gasteiger partial charge in [-0.3, -0.25) is 4.79 Å². The highest BCUT2D eigenvalue weighted by molar-refractivity contribution is 5.65. The molecular weight excluding hydrogens is 190 g/mol. The van der Waals surface area contributed by atoms with Crippen LogP contribution in [0.15, 0.2) is 30.3 Å². The van der Waals surface area contributed by atoms with Crippen LogP contribution in [-0.2, 0) is 9.63 Å². The third-order valence-corrected chi connectivity index (χ3v) is 2.68. The second kappa shape index (κ2) is 4.45. The molecule has 80 valence electrons. The van der Waals surface area contributed by atoms with Gasteiger partial charge < -0.3 is 4.84 Å². The highest BCUT2D eigenvalue weighted by Gasteiger charge is 2.25. The number of nitrogens with zero attached hydrogens (tertiary/aromatic N) is 1. The summed E-state index contributed by atoms with van der Waals surface area (Å²) < 4.78 is 0. The Morgan fingerprint density at radius 3 is 2.80 bits per heavy atom. The van der Waals surface area contributed by atoms with E-state index in [4.69, 9.17) is 4.84 Å². The number of rotatable bonds is 2. The zero-order chi connectivity index (χ0) is 10.7. The van der Waals surface area contributed by atoms with Crippen molar-refractivity contribution in [2.24, 2.45) is 0 Å². The molecule has 1 saturated heterocycles. The zero-order valence-electron chi connectivity index (χ0n) is 8.85. The van der Waals surface area contributed by atoms with E-state index in [1.54, 1.807) is 5.06 Å². The molecule has 0 saturated carbocycles. The second-order valence-electron chi connectivity index (χ2n) is 3.87. The summed E-state index contributed by atoms with van der Waals surface area (Å²) >= 11 is 0. The van der Waals surface area contributed by atoms with Crippen molar-refractivity contribution in [2.75, 3.05) is 13.1 Å². The van der Waals surface area contributed by atoms with Crippen molar-refractivity contribution < 1.29 is 9.63 Å². The molecule has 1 fully saturated rings. The van der Waals surface area contributed by atoms with Crippen LogP contribution >= 0.6 is 0 Å². The summed E-state index contributed by atoms with van der Waals surface area (Å²) in [5.41, 5.74) is 1.33. The summed E-state index contributed by atoms with van der Waals surface area (Å²) in [5, 5.41) is 1.75. The monoisotopic (exact) mass is 205 g/mol. The molecule has 0 amide bonds. The molecule has 1 atom stereocenters. The molecule has 1 aliphatic heterocycles. The van der Waals surface area contributed by atoms with Gasteiger partial charge in [-0.2, -0.15) is 0 Å². The van der Waals surface area contributed by atoms with E-state index in [9.17, 15) is 4.79 Å². The second-order valence-corrected chi connectivity index (χ2v) is 3.87. The molecule has 1 aliphatic rings. The fourth-order valence-corrected chi connectivity index (χ4v) is 1.99. The Balaban J connectivity index is 1.96. The van der Waals surface area contributed by atoms with Gasteiger partial charge in [-0.15, -0.1) is 5.06 Å². The van der Waals surface area contributed by atoms with E-state index in [0.29, 0.717) is 5.92 Å². The molecule has 3 nitrogen and oxygen atoms in total. The van der Waals surface area contributed by atoms with Crippen LogP contribution in [0.2, 0.25) is 0 Å². The van der Waals surface area contributed by atoms with E-state index in [1.165, 1.54) is 12.5 Å². The summed E-state index contributed by atoms with van der Waals surface area (Å²) in [6, 6.07) is 10.4. The zero-order valence-corrected chi connectivity index (χ0v) is 8.85. The van der Waals surface area contributed by atoms with Crippen molar-refractivity contribution in [3.63, 3.8) is 0 Å². The molecule has 15 heavy (non-hydrogen) atoms. The highest BCUT2D eigenvalue weighted by atomic mass is 16.7. The molecule has 1 aromatic rings. The van der Waals surface area contributed by atoms with Crippen LogP contribution in [0.1, 0.15) is 24.8 Å². The molecule has 1 unspecified atom stereocenters. The van der Waals surface area contributed by atoms with Crippen molar-refractivity contribution in [3.05, 3.63) is 35.9 Å². The minimum atomic E-state index is -0.233. The van der Waals surface area contributed by atoms with E-state index in [0.717, 1.165) is 19.5 Å². The van der Waals surface area contributed by atoms with Crippen LogP contribution in [0.3, 0.4) is 0 Å². The van der Waals surface area contributed by atoms with Crippen LogP contribution in [-0.4, -0.2) is 24.1 Å². The van der Waals surface area contributed by atoms with Gasteiger partial charge in [0.15, 0.2) is 0 Å². The number of hydroxylamine groups is 2. The van der Waals surface area contributed by atoms with Crippen molar-refractivity contribution in [2.45, 2.75) is 19.3 Å². The van der Waals surface area contributed by atoms with Crippen molar-refractivity contribution >= 4 is 5.97 Å². The van der Waals surface area contributed by atoms with Crippen LogP contribution in [0.4, 0.5) is 0 Å². The van der Waals surface area contributed by atoms with E-state index >= 15 is 0 Å². The molecule has 0 radical (unpaired) electrons. The van der Waals surface area contributed by atoms with E-state index < -0.39 is 0 Å². The molecule has 0 N–H and O–H groups in total. The minimum Gasteiger partial charge on any atom is -0.368 e. The normalized spacial score (nSPS) is 21.5. The first-order valence-electron chi connectivity index (χ1n) is 5.24. The maximum atomic E-state index is 10.8. The number of hydrogen-bond acceptors (Lipinski definition) is 3. The molecule has 0 bridgehead atoms. The number of carbonyl (C=O) groups excluding carboxylic acids is 1. The van der Waals surface area contributed by atoms with Gasteiger partial charge >= 0.3 is 5.97 Å². The van der Waals surface area contributed by atoms with Crippen LogP contribution in [0.25, 0.3) is 0 Å². The van der Waals surface area contributed by atoms with Crippen molar-refractivity contribution in [1.82, 2.24) is 5.06 Å². The van der Waals surface area contributed by atoms with Gasteiger partial charge in [-0.1, -0.05) is 30.3 Å². The predicted molar refractivity (Wildman–Crippen MR) is 57.1 cm³/mol. The number of carbonyl (C=O) groups is 1. The summed E-state index contributed by atoms with van der Waals surface area (Å²) in [4.78, 5) is 15.8. The Labute approximate surface area is 89.6 Å². The van der Waals surface area contributed by atoms with Crippen molar-refractivity contribution in [1.29, 1.82) is 0 Å². The Morgan fingerprint density at radius 1 is 1.40 bits per heavy atom. The standard InChI is InChI=1S/C12H15NO2/c1-10(14)15-13-8-7-12(9-13)11-5-3-2-4-6-11/h2-6,12H,7-9H2,1H3. The van der Waals surface area contributed by atoms with Gasteiger partial charge in [0.05, 0.1) is 0 Å². The van der Waals surface area contributed by atoms with Gasteiger partial charge in [-0.25, -0.2) is 0 Å². The van der Waals surface area contributed by atoms with E-state index in [2.05, 4.69) is 12.1 Å². The lowest BCUT2D eigenvalue weighted by Crippen LogP contribution is -2.23. The van der Waals surface area contributed by atoms with E-state index in [1.807, 2.05) is 18.2 Å². The maximum Gasteiger partial charge on any atom is 0.322 e. The van der Waals surface area contributed by atoms with Gasteiger partial charge in [0.2, 0.25) is 0 Å². The largest absolute Gasteiger partial charge is 0.368 e. The summed E-state index contributed by atoms with van der Waals surface area (Å²) in [6.45, 7) is 3.08. The predicted octanol–water partition coefficient (Wildman–Crippen LogP) is 1.95. The first kappa shape index (κ1) is 10.2. The molecule has 1 aromatic carbocycles. The molecule has 0 spiro atoms. The van der Waals surface area contributed by atoms with Crippen LogP contribution in [0, 0.1) is 0 Å². The average Bonchev–Trinajstić information content (AvgIpc) is 2.67. The number of benzene rings is 1.